The van der Waals surface area contributed by atoms with Gasteiger partial charge in [0.25, 0.3) is 5.91 Å². The Morgan fingerprint density at radius 1 is 1.28 bits per heavy atom. The third kappa shape index (κ3) is 4.13. The number of nitrogen functional groups attached to an aromatic ring is 1. The highest BCUT2D eigenvalue weighted by Crippen LogP contribution is 2.26. The molecular formula is C21H25N7O4. The zero-order valence-electron chi connectivity index (χ0n) is 18.4. The predicted molar refractivity (Wildman–Crippen MR) is 116 cm³/mol. The van der Waals surface area contributed by atoms with Gasteiger partial charge in [0.2, 0.25) is 0 Å². The van der Waals surface area contributed by atoms with Gasteiger partial charge < -0.3 is 25.4 Å². The molecule has 1 aliphatic rings. The average molecular weight is 439 g/mol. The topological polar surface area (TPSA) is 137 Å². The number of fused-ring (bicyclic) bond motifs is 2. The van der Waals surface area contributed by atoms with E-state index in [2.05, 4.69) is 20.4 Å². The molecule has 0 bridgehead atoms. The molecule has 0 unspecified atom stereocenters. The van der Waals surface area contributed by atoms with Crippen molar-refractivity contribution in [2.45, 2.75) is 39.3 Å². The second-order valence-electron chi connectivity index (χ2n) is 8.42. The summed E-state index contributed by atoms with van der Waals surface area (Å²) in [6.07, 6.45) is 4.93. The third-order valence-corrected chi connectivity index (χ3v) is 4.91. The molecule has 4 heterocycles. The van der Waals surface area contributed by atoms with Crippen molar-refractivity contribution in [1.82, 2.24) is 24.5 Å². The van der Waals surface area contributed by atoms with E-state index >= 15 is 0 Å². The highest BCUT2D eigenvalue weighted by Gasteiger charge is 2.28. The minimum atomic E-state index is -0.574. The fourth-order valence-electron chi connectivity index (χ4n) is 3.47. The van der Waals surface area contributed by atoms with Gasteiger partial charge in [-0.15, -0.1) is 5.10 Å². The van der Waals surface area contributed by atoms with Crippen LogP contribution >= 0.6 is 0 Å². The molecule has 0 saturated carbocycles. The van der Waals surface area contributed by atoms with E-state index in [0.29, 0.717) is 36.6 Å². The van der Waals surface area contributed by atoms with E-state index in [4.69, 9.17) is 15.2 Å². The molecule has 2 amide bonds. The number of amides is 2. The van der Waals surface area contributed by atoms with Gasteiger partial charge in [-0.05, 0) is 20.8 Å². The normalized spacial score (nSPS) is 13.6. The lowest BCUT2D eigenvalue weighted by atomic mass is 10.1. The summed E-state index contributed by atoms with van der Waals surface area (Å²) in [5.41, 5.74) is 7.99. The van der Waals surface area contributed by atoms with E-state index in [1.54, 1.807) is 23.4 Å². The van der Waals surface area contributed by atoms with Crippen LogP contribution in [0.1, 0.15) is 42.4 Å². The summed E-state index contributed by atoms with van der Waals surface area (Å²) in [7, 11) is 1.50. The van der Waals surface area contributed by atoms with Crippen molar-refractivity contribution in [3.8, 4) is 5.75 Å². The molecular weight excluding hydrogens is 414 g/mol. The summed E-state index contributed by atoms with van der Waals surface area (Å²) in [6.45, 7) is 6.28. The minimum absolute atomic E-state index is 0.0456. The smallest absolute Gasteiger partial charge is 0.410 e. The summed E-state index contributed by atoms with van der Waals surface area (Å²) in [6, 6.07) is 1.64. The maximum atomic E-state index is 13.0. The number of carbonyl (C=O) groups excluding carboxylic acids is 2. The summed E-state index contributed by atoms with van der Waals surface area (Å²) >= 11 is 0. The molecule has 0 saturated heterocycles. The van der Waals surface area contributed by atoms with Crippen LogP contribution in [-0.2, 0) is 17.7 Å². The molecule has 0 fully saturated rings. The lowest BCUT2D eigenvalue weighted by Gasteiger charge is -2.30. The number of methoxy groups -OCH3 is 1. The standard InChI is InChI=1S/C21H25N7O4/c1-21(2,3)32-20(30)27-8-6-13-12(10-27)11-28-18(24-13)16(17(22)26-28)19(29)25-14-9-23-7-5-15(14)31-4/h5,7,9,11H,6,8,10H2,1-4H3,(H2,22,26)(H,25,29). The van der Waals surface area contributed by atoms with Gasteiger partial charge in [-0.3, -0.25) is 9.78 Å². The molecule has 3 aromatic heterocycles. The van der Waals surface area contributed by atoms with E-state index in [9.17, 15) is 9.59 Å². The van der Waals surface area contributed by atoms with E-state index < -0.39 is 11.5 Å². The van der Waals surface area contributed by atoms with Crippen molar-refractivity contribution in [3.05, 3.63) is 41.5 Å². The number of nitrogens with one attached hydrogen (secondary N) is 1. The number of nitrogens with two attached hydrogens (primary N) is 1. The maximum Gasteiger partial charge on any atom is 0.410 e. The molecule has 1 aliphatic heterocycles. The van der Waals surface area contributed by atoms with Gasteiger partial charge in [-0.25, -0.2) is 14.3 Å². The lowest BCUT2D eigenvalue weighted by Crippen LogP contribution is -2.40. The predicted octanol–water partition coefficient (Wildman–Crippen LogP) is 2.26. The Labute approximate surface area is 184 Å². The van der Waals surface area contributed by atoms with Gasteiger partial charge >= 0.3 is 6.09 Å². The summed E-state index contributed by atoms with van der Waals surface area (Å²) in [5, 5.41) is 7.00. The Morgan fingerprint density at radius 2 is 2.06 bits per heavy atom. The van der Waals surface area contributed by atoms with Gasteiger partial charge in [0.05, 0.1) is 25.5 Å². The Balaban J connectivity index is 1.62. The second-order valence-corrected chi connectivity index (χ2v) is 8.42. The Bertz CT molecular complexity index is 1200. The first-order chi connectivity index (χ1) is 15.2. The molecule has 0 aromatic carbocycles. The number of pyridine rings is 1. The third-order valence-electron chi connectivity index (χ3n) is 4.91. The first-order valence-corrected chi connectivity index (χ1v) is 10.1. The SMILES string of the molecule is COc1ccncc1NC(=O)c1c(N)nn2cc3c(nc12)CCN(C(=O)OC(C)(C)C)C3. The number of nitrogens with zero attached hydrogens (tertiary/aromatic N) is 5. The van der Waals surface area contributed by atoms with Gasteiger partial charge in [0, 0.05) is 37.0 Å². The largest absolute Gasteiger partial charge is 0.494 e. The molecule has 4 rings (SSSR count). The minimum Gasteiger partial charge on any atom is -0.494 e. The van der Waals surface area contributed by atoms with Crippen LogP contribution in [0, 0.1) is 0 Å². The van der Waals surface area contributed by atoms with Crippen molar-refractivity contribution in [1.29, 1.82) is 0 Å². The fourth-order valence-corrected chi connectivity index (χ4v) is 3.47. The molecule has 3 N–H and O–H groups in total. The van der Waals surface area contributed by atoms with Crippen molar-refractivity contribution in [2.24, 2.45) is 0 Å². The quantitative estimate of drug-likeness (QED) is 0.634. The van der Waals surface area contributed by atoms with Crippen LogP contribution in [0.5, 0.6) is 5.75 Å². The Hall–Kier alpha value is -3.89. The molecule has 168 valence electrons. The van der Waals surface area contributed by atoms with Gasteiger partial charge in [0.15, 0.2) is 11.5 Å². The van der Waals surface area contributed by atoms with Crippen LogP contribution in [0.4, 0.5) is 16.3 Å². The number of ether oxygens (including phenoxy) is 2. The van der Waals surface area contributed by atoms with E-state index in [-0.39, 0.29) is 17.5 Å². The van der Waals surface area contributed by atoms with Gasteiger partial charge in [-0.1, -0.05) is 0 Å². The van der Waals surface area contributed by atoms with Crippen LogP contribution < -0.4 is 15.8 Å². The Kier molecular flexibility index (Phi) is 5.33. The number of hydrogen-bond donors (Lipinski definition) is 2. The molecule has 3 aromatic rings. The average Bonchev–Trinajstić information content (AvgIpc) is 3.05. The number of anilines is 2. The van der Waals surface area contributed by atoms with Gasteiger partial charge in [0.1, 0.15) is 22.6 Å². The van der Waals surface area contributed by atoms with E-state index in [1.165, 1.54) is 17.8 Å². The van der Waals surface area contributed by atoms with E-state index in [1.807, 2.05) is 20.8 Å². The van der Waals surface area contributed by atoms with Crippen LogP contribution in [0.25, 0.3) is 5.65 Å². The first-order valence-electron chi connectivity index (χ1n) is 10.1. The summed E-state index contributed by atoms with van der Waals surface area (Å²) in [5.74, 6) is 0.0441. The van der Waals surface area contributed by atoms with Crippen LogP contribution in [-0.4, -0.2) is 55.7 Å². The second kappa shape index (κ2) is 7.98. The van der Waals surface area contributed by atoms with Crippen molar-refractivity contribution < 1.29 is 19.1 Å². The maximum absolute atomic E-state index is 13.0. The molecule has 32 heavy (non-hydrogen) atoms. The van der Waals surface area contributed by atoms with Crippen LogP contribution in [0.2, 0.25) is 0 Å². The summed E-state index contributed by atoms with van der Waals surface area (Å²) in [4.78, 5) is 35.7. The Morgan fingerprint density at radius 3 is 2.78 bits per heavy atom. The summed E-state index contributed by atoms with van der Waals surface area (Å²) < 4.78 is 12.2. The van der Waals surface area contributed by atoms with Crippen molar-refractivity contribution >= 4 is 29.2 Å². The zero-order chi connectivity index (χ0) is 23.0. The van der Waals surface area contributed by atoms with Crippen LogP contribution in [0.3, 0.4) is 0 Å². The number of hydrogen-bond acceptors (Lipinski definition) is 8. The molecule has 0 atom stereocenters. The fraction of sp³-hybridized carbons (Fsp3) is 0.381. The van der Waals surface area contributed by atoms with E-state index in [0.717, 1.165) is 11.3 Å². The number of rotatable bonds is 3. The monoisotopic (exact) mass is 439 g/mol. The number of aromatic nitrogens is 4. The highest BCUT2D eigenvalue weighted by molar-refractivity contribution is 6.12. The first kappa shape index (κ1) is 21.3. The zero-order valence-corrected chi connectivity index (χ0v) is 18.4. The van der Waals surface area contributed by atoms with Gasteiger partial charge in [-0.2, -0.15) is 0 Å². The molecule has 11 heteroatoms. The molecule has 0 aliphatic carbocycles. The van der Waals surface area contributed by atoms with Crippen LogP contribution in [0.15, 0.2) is 24.7 Å². The van der Waals surface area contributed by atoms with Crippen molar-refractivity contribution in [2.75, 3.05) is 24.7 Å². The molecule has 0 radical (unpaired) electrons. The lowest BCUT2D eigenvalue weighted by molar-refractivity contribution is 0.0222. The highest BCUT2D eigenvalue weighted by atomic mass is 16.6. The molecule has 11 nitrogen and oxygen atoms in total. The van der Waals surface area contributed by atoms with Crippen molar-refractivity contribution in [3.63, 3.8) is 0 Å². The molecule has 0 spiro atoms. The number of carbonyl (C=O) groups is 2.